The molecule has 31 heavy (non-hydrogen) atoms. The maximum atomic E-state index is 5.60. The number of aromatic nitrogens is 1. The lowest BCUT2D eigenvalue weighted by Gasteiger charge is -2.34. The molecule has 5 heteroatoms. The van der Waals surface area contributed by atoms with Crippen LogP contribution in [0, 0.1) is 6.92 Å². The number of ether oxygens (including phenoxy) is 3. The second-order valence-corrected chi connectivity index (χ2v) is 8.80. The normalized spacial score (nSPS) is 18.5. The molecular weight excluding hydrogens is 388 g/mol. The van der Waals surface area contributed by atoms with E-state index in [1.54, 1.807) is 32.6 Å². The summed E-state index contributed by atoms with van der Waals surface area (Å²) in [7, 11) is 5.01. The van der Waals surface area contributed by atoms with Gasteiger partial charge in [-0.05, 0) is 68.0 Å². The summed E-state index contributed by atoms with van der Waals surface area (Å²) in [4.78, 5) is 2.66. The maximum Gasteiger partial charge on any atom is 0.203 e. The molecule has 5 nitrogen and oxygen atoms in total. The molecule has 0 saturated heterocycles. The number of benzene rings is 2. The van der Waals surface area contributed by atoms with Gasteiger partial charge in [0.2, 0.25) is 5.75 Å². The molecule has 3 aromatic rings. The minimum absolute atomic E-state index is 0.457. The number of nitrogens with zero attached hydrogens (tertiary/aromatic N) is 2. The van der Waals surface area contributed by atoms with Crippen LogP contribution in [0.1, 0.15) is 47.7 Å². The molecule has 0 unspecified atom stereocenters. The van der Waals surface area contributed by atoms with Crippen molar-refractivity contribution in [3.8, 4) is 17.2 Å². The summed E-state index contributed by atoms with van der Waals surface area (Å²) in [6.07, 6.45) is 4.81. The van der Waals surface area contributed by atoms with E-state index in [0.717, 1.165) is 37.6 Å². The topological polar surface area (TPSA) is 35.9 Å². The summed E-state index contributed by atoms with van der Waals surface area (Å²) in [6, 6.07) is 11.6. The molecule has 1 aliphatic carbocycles. The molecule has 0 bridgehead atoms. The van der Waals surface area contributed by atoms with E-state index in [9.17, 15) is 0 Å². The first-order valence-corrected chi connectivity index (χ1v) is 11.3. The van der Waals surface area contributed by atoms with E-state index in [1.807, 2.05) is 0 Å². The Kier molecular flexibility index (Phi) is 5.30. The van der Waals surface area contributed by atoms with Crippen molar-refractivity contribution in [2.45, 2.75) is 51.7 Å². The van der Waals surface area contributed by atoms with Crippen LogP contribution < -0.4 is 14.2 Å². The Bertz CT molecular complexity index is 1090. The van der Waals surface area contributed by atoms with Crippen LogP contribution in [0.15, 0.2) is 30.3 Å². The summed E-state index contributed by atoms with van der Waals surface area (Å²) < 4.78 is 19.3. The fraction of sp³-hybridized carbons (Fsp3) is 0.462. The van der Waals surface area contributed by atoms with E-state index in [1.165, 1.54) is 41.3 Å². The molecule has 1 aliphatic heterocycles. The molecular formula is C26H32N2O3. The van der Waals surface area contributed by atoms with Crippen molar-refractivity contribution in [1.82, 2.24) is 9.47 Å². The molecule has 0 saturated carbocycles. The van der Waals surface area contributed by atoms with E-state index in [0.29, 0.717) is 11.8 Å². The van der Waals surface area contributed by atoms with Gasteiger partial charge in [0, 0.05) is 36.2 Å². The quantitative estimate of drug-likeness (QED) is 0.564. The lowest BCUT2D eigenvalue weighted by molar-refractivity contribution is 0.173. The van der Waals surface area contributed by atoms with Crippen molar-refractivity contribution < 1.29 is 14.2 Å². The molecule has 0 spiro atoms. The van der Waals surface area contributed by atoms with Crippen molar-refractivity contribution in [3.05, 3.63) is 52.7 Å². The van der Waals surface area contributed by atoms with Crippen molar-refractivity contribution in [1.29, 1.82) is 0 Å². The predicted octanol–water partition coefficient (Wildman–Crippen LogP) is 5.26. The lowest BCUT2D eigenvalue weighted by Crippen LogP contribution is -2.31. The molecule has 1 aromatic heterocycles. The molecule has 1 atom stereocenters. The van der Waals surface area contributed by atoms with E-state index >= 15 is 0 Å². The summed E-state index contributed by atoms with van der Waals surface area (Å²) in [5, 5.41) is 1.47. The van der Waals surface area contributed by atoms with Crippen LogP contribution in [0.25, 0.3) is 10.9 Å². The Morgan fingerprint density at radius 1 is 0.935 bits per heavy atom. The highest BCUT2D eigenvalue weighted by molar-refractivity contribution is 5.87. The van der Waals surface area contributed by atoms with E-state index in [4.69, 9.17) is 14.2 Å². The highest BCUT2D eigenvalue weighted by atomic mass is 16.5. The zero-order chi connectivity index (χ0) is 21.5. The van der Waals surface area contributed by atoms with Crippen LogP contribution in [0.3, 0.4) is 0 Å². The summed E-state index contributed by atoms with van der Waals surface area (Å²) in [5.41, 5.74) is 7.09. The third-order valence-electron chi connectivity index (χ3n) is 6.97. The van der Waals surface area contributed by atoms with Crippen molar-refractivity contribution in [2.75, 3.05) is 27.9 Å². The van der Waals surface area contributed by atoms with Gasteiger partial charge in [-0.25, -0.2) is 0 Å². The van der Waals surface area contributed by atoms with E-state index in [2.05, 4.69) is 46.7 Å². The third kappa shape index (κ3) is 3.35. The van der Waals surface area contributed by atoms with Crippen molar-refractivity contribution in [2.24, 2.45) is 0 Å². The molecule has 0 fully saturated rings. The van der Waals surface area contributed by atoms with Crippen molar-refractivity contribution in [3.63, 3.8) is 0 Å². The van der Waals surface area contributed by atoms with E-state index in [-0.39, 0.29) is 0 Å². The van der Waals surface area contributed by atoms with Crippen LogP contribution in [0.2, 0.25) is 0 Å². The minimum atomic E-state index is 0.457. The van der Waals surface area contributed by atoms with Gasteiger partial charge >= 0.3 is 0 Å². The Balaban J connectivity index is 1.55. The number of aryl methyl sites for hydroxylation is 3. The summed E-state index contributed by atoms with van der Waals surface area (Å²) in [5.74, 6) is 2.10. The van der Waals surface area contributed by atoms with Gasteiger partial charge in [0.1, 0.15) is 0 Å². The van der Waals surface area contributed by atoms with Crippen LogP contribution >= 0.6 is 0 Å². The molecule has 164 valence electrons. The number of methoxy groups -OCH3 is 3. The molecule has 0 amide bonds. The number of hydrogen-bond donors (Lipinski definition) is 0. The molecule has 2 aromatic carbocycles. The van der Waals surface area contributed by atoms with Crippen LogP contribution in [0.4, 0.5) is 0 Å². The van der Waals surface area contributed by atoms with Crippen LogP contribution in [0.5, 0.6) is 17.2 Å². The largest absolute Gasteiger partial charge is 0.493 e. The highest BCUT2D eigenvalue weighted by Gasteiger charge is 2.33. The average Bonchev–Trinajstić information content (AvgIpc) is 2.98. The van der Waals surface area contributed by atoms with Crippen LogP contribution in [-0.4, -0.2) is 37.3 Å². The number of fused-ring (bicyclic) bond motifs is 3. The van der Waals surface area contributed by atoms with Gasteiger partial charge in [-0.1, -0.05) is 11.6 Å². The van der Waals surface area contributed by atoms with Gasteiger partial charge in [-0.2, -0.15) is 0 Å². The fourth-order valence-electron chi connectivity index (χ4n) is 5.64. The first-order valence-electron chi connectivity index (χ1n) is 11.3. The van der Waals surface area contributed by atoms with Gasteiger partial charge in [0.15, 0.2) is 11.5 Å². The average molecular weight is 421 g/mol. The smallest absolute Gasteiger partial charge is 0.203 e. The third-order valence-corrected chi connectivity index (χ3v) is 6.97. The number of rotatable bonds is 5. The molecule has 2 aliphatic rings. The van der Waals surface area contributed by atoms with Gasteiger partial charge in [-0.3, -0.25) is 4.90 Å². The second-order valence-electron chi connectivity index (χ2n) is 8.80. The summed E-state index contributed by atoms with van der Waals surface area (Å²) in [6.45, 7) is 5.26. The van der Waals surface area contributed by atoms with Crippen LogP contribution in [-0.2, 0) is 19.5 Å². The van der Waals surface area contributed by atoms with E-state index < -0.39 is 0 Å². The lowest BCUT2D eigenvalue weighted by atomic mass is 9.90. The Morgan fingerprint density at radius 3 is 2.42 bits per heavy atom. The van der Waals surface area contributed by atoms with Gasteiger partial charge in [0.25, 0.3) is 0 Å². The Hall–Kier alpha value is -2.66. The summed E-state index contributed by atoms with van der Waals surface area (Å²) >= 11 is 0. The van der Waals surface area contributed by atoms with Crippen molar-refractivity contribution >= 4 is 10.9 Å². The fourth-order valence-corrected chi connectivity index (χ4v) is 5.64. The Morgan fingerprint density at radius 2 is 1.71 bits per heavy atom. The zero-order valence-corrected chi connectivity index (χ0v) is 19.0. The minimum Gasteiger partial charge on any atom is -0.493 e. The monoisotopic (exact) mass is 420 g/mol. The Labute approximate surface area is 184 Å². The molecule has 0 radical (unpaired) electrons. The predicted molar refractivity (Wildman–Crippen MR) is 123 cm³/mol. The second kappa shape index (κ2) is 8.12. The zero-order valence-electron chi connectivity index (χ0n) is 19.0. The molecule has 2 heterocycles. The SMILES string of the molecule is COc1cc(CN2CCCn3c4c(c5cc(C)ccc53)CCC[C@@H]42)cc(OC)c1OC. The number of hydrogen-bond acceptors (Lipinski definition) is 4. The first-order chi connectivity index (χ1) is 15.1. The maximum absolute atomic E-state index is 5.60. The molecule has 5 rings (SSSR count). The highest BCUT2D eigenvalue weighted by Crippen LogP contribution is 2.44. The first kappa shape index (κ1) is 20.3. The van der Waals surface area contributed by atoms with Gasteiger partial charge in [0.05, 0.1) is 27.4 Å². The molecule has 0 N–H and O–H groups in total. The van der Waals surface area contributed by atoms with Gasteiger partial charge in [-0.15, -0.1) is 0 Å². The van der Waals surface area contributed by atoms with Gasteiger partial charge < -0.3 is 18.8 Å². The standard InChI is InChI=1S/C26H32N2O3/c1-17-9-10-21-20(13-17)19-7-5-8-22-25(19)28(21)12-6-11-27(22)16-18-14-23(29-2)26(31-4)24(15-18)30-3/h9-10,13-15,22H,5-8,11-12,16H2,1-4H3/t22-/m0/s1.